The van der Waals surface area contributed by atoms with Crippen LogP contribution in [-0.4, -0.2) is 15.4 Å². The van der Waals surface area contributed by atoms with Gasteiger partial charge < -0.3 is 9.84 Å². The van der Waals surface area contributed by atoms with Crippen molar-refractivity contribution in [3.8, 4) is 5.75 Å². The first-order valence-corrected chi connectivity index (χ1v) is 5.49. The Balaban J connectivity index is 2.07. The summed E-state index contributed by atoms with van der Waals surface area (Å²) in [5.41, 5.74) is 0.117. The molecule has 17 heavy (non-hydrogen) atoms. The Labute approximate surface area is 100 Å². The lowest BCUT2D eigenvalue weighted by Gasteiger charge is -2.04. The van der Waals surface area contributed by atoms with E-state index in [0.29, 0.717) is 10.6 Å². The summed E-state index contributed by atoms with van der Waals surface area (Å²) in [6, 6.07) is 5.67. The molecule has 0 radical (unpaired) electrons. The predicted molar refractivity (Wildman–Crippen MR) is 59.8 cm³/mol. The lowest BCUT2D eigenvalue weighted by Crippen LogP contribution is -2.01. The van der Waals surface area contributed by atoms with Gasteiger partial charge in [-0.1, -0.05) is 6.07 Å². The highest BCUT2D eigenvalue weighted by Crippen LogP contribution is 2.18. The monoisotopic (exact) mass is 253 g/mol. The first-order valence-electron chi connectivity index (χ1n) is 4.72. The Hall–Kier alpha value is -1.95. The third kappa shape index (κ3) is 2.79. The van der Waals surface area contributed by atoms with Crippen LogP contribution in [0.3, 0.4) is 0 Å². The molecule has 0 bridgehead atoms. The Morgan fingerprint density at radius 3 is 3.06 bits per heavy atom. The Morgan fingerprint density at radius 1 is 1.53 bits per heavy atom. The number of halogens is 1. The largest absolute Gasteiger partial charge is 0.488 e. The van der Waals surface area contributed by atoms with E-state index in [1.807, 2.05) is 0 Å². The van der Waals surface area contributed by atoms with Gasteiger partial charge in [-0.05, 0) is 23.7 Å². The Bertz CT molecular complexity index is 541. The molecule has 0 fully saturated rings. The first-order chi connectivity index (χ1) is 8.16. The number of benzene rings is 1. The summed E-state index contributed by atoms with van der Waals surface area (Å²) >= 11 is 1.05. The maximum atomic E-state index is 12.9. The van der Waals surface area contributed by atoms with Crippen LogP contribution in [0.2, 0.25) is 0 Å². The van der Waals surface area contributed by atoms with E-state index in [1.165, 1.54) is 24.4 Å². The zero-order valence-corrected chi connectivity index (χ0v) is 9.41. The predicted octanol–water partition coefficient (Wildman–Crippen LogP) is 2.56. The molecule has 4 nitrogen and oxygen atoms in total. The highest BCUT2D eigenvalue weighted by molar-refractivity contribution is 7.06. The molecule has 0 saturated heterocycles. The molecule has 2 aromatic rings. The standard InChI is InChI=1S/C11H8FNO3S/c12-7-2-1-3-8(4-7)16-6-10-9(11(14)15)5-13-17-10/h1-5H,6H2,(H,14,15). The summed E-state index contributed by atoms with van der Waals surface area (Å²) in [4.78, 5) is 11.3. The van der Waals surface area contributed by atoms with Crippen LogP contribution in [0.4, 0.5) is 4.39 Å². The molecule has 6 heteroatoms. The fourth-order valence-electron chi connectivity index (χ4n) is 1.25. The maximum Gasteiger partial charge on any atom is 0.338 e. The number of aromatic carboxylic acids is 1. The maximum absolute atomic E-state index is 12.9. The average Bonchev–Trinajstić information content (AvgIpc) is 2.74. The molecule has 0 aliphatic heterocycles. The molecule has 88 valence electrons. The highest BCUT2D eigenvalue weighted by atomic mass is 32.1. The van der Waals surface area contributed by atoms with Gasteiger partial charge in [-0.3, -0.25) is 0 Å². The molecule has 0 spiro atoms. The van der Waals surface area contributed by atoms with Crippen molar-refractivity contribution >= 4 is 17.5 Å². The van der Waals surface area contributed by atoms with Gasteiger partial charge in [0, 0.05) is 6.07 Å². The molecule has 0 aliphatic carbocycles. The van der Waals surface area contributed by atoms with Gasteiger partial charge in [-0.25, -0.2) is 9.18 Å². The van der Waals surface area contributed by atoms with E-state index >= 15 is 0 Å². The van der Waals surface area contributed by atoms with E-state index in [2.05, 4.69) is 4.37 Å². The van der Waals surface area contributed by atoms with Crippen molar-refractivity contribution < 1.29 is 19.0 Å². The number of carboxylic acid groups (broad SMARTS) is 1. The summed E-state index contributed by atoms with van der Waals surface area (Å²) in [5, 5.41) is 8.85. The third-order valence-electron chi connectivity index (χ3n) is 2.04. The normalized spacial score (nSPS) is 10.2. The zero-order chi connectivity index (χ0) is 12.3. The second-order valence-electron chi connectivity index (χ2n) is 3.21. The van der Waals surface area contributed by atoms with Crippen LogP contribution in [0, 0.1) is 5.82 Å². The van der Waals surface area contributed by atoms with Crippen LogP contribution >= 0.6 is 11.5 Å². The van der Waals surface area contributed by atoms with Crippen molar-refractivity contribution in [2.45, 2.75) is 6.61 Å². The highest BCUT2D eigenvalue weighted by Gasteiger charge is 2.13. The lowest BCUT2D eigenvalue weighted by molar-refractivity contribution is 0.0694. The van der Waals surface area contributed by atoms with E-state index in [-0.39, 0.29) is 12.2 Å². The number of carbonyl (C=O) groups is 1. The number of hydrogen-bond acceptors (Lipinski definition) is 4. The molecule has 0 atom stereocenters. The second kappa shape index (κ2) is 4.92. The fraction of sp³-hybridized carbons (Fsp3) is 0.0909. The number of carboxylic acids is 1. The number of nitrogens with zero attached hydrogens (tertiary/aromatic N) is 1. The van der Waals surface area contributed by atoms with E-state index in [9.17, 15) is 9.18 Å². The van der Waals surface area contributed by atoms with E-state index in [4.69, 9.17) is 9.84 Å². The first kappa shape index (κ1) is 11.5. The summed E-state index contributed by atoms with van der Waals surface area (Å²) < 4.78 is 21.9. The quantitative estimate of drug-likeness (QED) is 0.909. The fourth-order valence-corrected chi connectivity index (χ4v) is 1.88. The molecule has 0 aliphatic rings. The van der Waals surface area contributed by atoms with E-state index in [1.54, 1.807) is 6.07 Å². The van der Waals surface area contributed by atoms with E-state index in [0.717, 1.165) is 11.5 Å². The molecular formula is C11H8FNO3S. The molecule has 0 amide bonds. The average molecular weight is 253 g/mol. The SMILES string of the molecule is O=C(O)c1cnsc1COc1cccc(F)c1. The van der Waals surface area contributed by atoms with Gasteiger partial charge in [-0.2, -0.15) is 4.37 Å². The molecular weight excluding hydrogens is 245 g/mol. The van der Waals surface area contributed by atoms with Gasteiger partial charge in [0.05, 0.1) is 16.6 Å². The van der Waals surface area contributed by atoms with Gasteiger partial charge in [0.1, 0.15) is 18.2 Å². The van der Waals surface area contributed by atoms with Gasteiger partial charge in [0.2, 0.25) is 0 Å². The second-order valence-corrected chi connectivity index (χ2v) is 4.10. The van der Waals surface area contributed by atoms with Crippen molar-refractivity contribution in [1.29, 1.82) is 0 Å². The Morgan fingerprint density at radius 2 is 2.35 bits per heavy atom. The molecule has 0 unspecified atom stereocenters. The molecule has 1 N–H and O–H groups in total. The van der Waals surface area contributed by atoms with Crippen molar-refractivity contribution in [3.05, 3.63) is 46.7 Å². The third-order valence-corrected chi connectivity index (χ3v) is 2.81. The van der Waals surface area contributed by atoms with Crippen molar-refractivity contribution in [3.63, 3.8) is 0 Å². The van der Waals surface area contributed by atoms with Gasteiger partial charge in [0.25, 0.3) is 0 Å². The zero-order valence-electron chi connectivity index (χ0n) is 8.59. The van der Waals surface area contributed by atoms with Gasteiger partial charge in [0.15, 0.2) is 0 Å². The van der Waals surface area contributed by atoms with Crippen LogP contribution in [0.5, 0.6) is 5.75 Å². The van der Waals surface area contributed by atoms with Crippen LogP contribution < -0.4 is 4.74 Å². The number of aromatic nitrogens is 1. The molecule has 0 saturated carbocycles. The summed E-state index contributed by atoms with van der Waals surface area (Å²) in [7, 11) is 0. The minimum Gasteiger partial charge on any atom is -0.488 e. The molecule has 2 rings (SSSR count). The van der Waals surface area contributed by atoms with Crippen molar-refractivity contribution in [1.82, 2.24) is 4.37 Å². The number of rotatable bonds is 4. The van der Waals surface area contributed by atoms with Crippen LogP contribution in [0.15, 0.2) is 30.5 Å². The van der Waals surface area contributed by atoms with Crippen LogP contribution in [0.1, 0.15) is 15.2 Å². The molecule has 1 heterocycles. The van der Waals surface area contributed by atoms with Crippen LogP contribution in [0.25, 0.3) is 0 Å². The molecule has 1 aromatic heterocycles. The van der Waals surface area contributed by atoms with Crippen molar-refractivity contribution in [2.24, 2.45) is 0 Å². The molecule has 1 aromatic carbocycles. The summed E-state index contributed by atoms with van der Waals surface area (Å²) in [6.45, 7) is 0.0652. The Kier molecular flexibility index (Phi) is 3.34. The van der Waals surface area contributed by atoms with E-state index < -0.39 is 11.8 Å². The number of hydrogen-bond donors (Lipinski definition) is 1. The summed E-state index contributed by atoms with van der Waals surface area (Å²) in [6.07, 6.45) is 1.28. The topological polar surface area (TPSA) is 59.4 Å². The van der Waals surface area contributed by atoms with Gasteiger partial charge >= 0.3 is 5.97 Å². The smallest absolute Gasteiger partial charge is 0.338 e. The lowest BCUT2D eigenvalue weighted by atomic mass is 10.3. The van der Waals surface area contributed by atoms with Crippen LogP contribution in [-0.2, 0) is 6.61 Å². The number of ether oxygens (including phenoxy) is 1. The minimum absolute atomic E-state index is 0.0652. The summed E-state index contributed by atoms with van der Waals surface area (Å²) in [5.74, 6) is -1.09. The van der Waals surface area contributed by atoms with Gasteiger partial charge in [-0.15, -0.1) is 0 Å². The van der Waals surface area contributed by atoms with Crippen molar-refractivity contribution in [2.75, 3.05) is 0 Å². The minimum atomic E-state index is -1.04.